The summed E-state index contributed by atoms with van der Waals surface area (Å²) in [7, 11) is 1.62. The Labute approximate surface area is 129 Å². The van der Waals surface area contributed by atoms with Crippen molar-refractivity contribution in [3.05, 3.63) is 36.3 Å². The van der Waals surface area contributed by atoms with Crippen LogP contribution in [0.3, 0.4) is 0 Å². The molecule has 0 fully saturated rings. The first-order valence-corrected chi connectivity index (χ1v) is 7.56. The Hall–Kier alpha value is -2.43. The number of aromatic nitrogens is 4. The SMILES string of the molecule is COc1ccc(-c2ccc3nc4n(c3n2)C(C)CC4C)cn1. The van der Waals surface area contributed by atoms with E-state index in [1.807, 2.05) is 24.3 Å². The Morgan fingerprint density at radius 3 is 2.73 bits per heavy atom. The van der Waals surface area contributed by atoms with Crippen LogP contribution in [0, 0.1) is 0 Å². The summed E-state index contributed by atoms with van der Waals surface area (Å²) in [5, 5.41) is 0. The number of rotatable bonds is 2. The van der Waals surface area contributed by atoms with E-state index in [2.05, 4.69) is 23.4 Å². The predicted octanol–water partition coefficient (Wildman–Crippen LogP) is 3.57. The lowest BCUT2D eigenvalue weighted by molar-refractivity contribution is 0.398. The summed E-state index contributed by atoms with van der Waals surface area (Å²) in [6.45, 7) is 4.47. The van der Waals surface area contributed by atoms with E-state index in [-0.39, 0.29) is 0 Å². The molecule has 0 spiro atoms. The Bertz CT molecular complexity index is 838. The molecule has 22 heavy (non-hydrogen) atoms. The highest BCUT2D eigenvalue weighted by Gasteiger charge is 2.29. The number of nitrogens with zero attached hydrogens (tertiary/aromatic N) is 4. The van der Waals surface area contributed by atoms with Crippen LogP contribution in [0.1, 0.15) is 38.1 Å². The van der Waals surface area contributed by atoms with Crippen LogP contribution in [-0.2, 0) is 0 Å². The molecule has 3 aromatic heterocycles. The summed E-state index contributed by atoms with van der Waals surface area (Å²) >= 11 is 0. The molecule has 0 saturated carbocycles. The van der Waals surface area contributed by atoms with Crippen LogP contribution in [0.25, 0.3) is 22.4 Å². The topological polar surface area (TPSA) is 52.8 Å². The zero-order valence-corrected chi connectivity index (χ0v) is 12.9. The molecule has 0 amide bonds. The van der Waals surface area contributed by atoms with Crippen LogP contribution in [-0.4, -0.2) is 26.6 Å². The van der Waals surface area contributed by atoms with E-state index >= 15 is 0 Å². The van der Waals surface area contributed by atoms with Crippen LogP contribution in [0.2, 0.25) is 0 Å². The van der Waals surface area contributed by atoms with Gasteiger partial charge in [-0.2, -0.15) is 0 Å². The fraction of sp³-hybridized carbons (Fsp3) is 0.353. The minimum Gasteiger partial charge on any atom is -0.481 e. The molecule has 4 rings (SSSR count). The highest BCUT2D eigenvalue weighted by molar-refractivity contribution is 5.76. The second kappa shape index (κ2) is 4.80. The molecule has 5 heteroatoms. The number of ether oxygens (including phenoxy) is 1. The van der Waals surface area contributed by atoms with Gasteiger partial charge in [0, 0.05) is 29.8 Å². The fourth-order valence-electron chi connectivity index (χ4n) is 3.31. The van der Waals surface area contributed by atoms with Crippen molar-refractivity contribution < 1.29 is 4.74 Å². The zero-order valence-electron chi connectivity index (χ0n) is 12.9. The van der Waals surface area contributed by atoms with Crippen molar-refractivity contribution in [1.29, 1.82) is 0 Å². The molecule has 0 radical (unpaired) electrons. The highest BCUT2D eigenvalue weighted by Crippen LogP contribution is 2.38. The van der Waals surface area contributed by atoms with Gasteiger partial charge in [0.15, 0.2) is 5.65 Å². The Balaban J connectivity index is 1.85. The first-order valence-electron chi connectivity index (χ1n) is 7.56. The lowest BCUT2D eigenvalue weighted by Gasteiger charge is -2.08. The number of methoxy groups -OCH3 is 1. The van der Waals surface area contributed by atoms with E-state index in [0.29, 0.717) is 17.8 Å². The number of pyridine rings is 2. The summed E-state index contributed by atoms with van der Waals surface area (Å²) in [6, 6.07) is 8.34. The predicted molar refractivity (Wildman–Crippen MR) is 85.1 cm³/mol. The standard InChI is InChI=1S/C17H18N4O/c1-10-8-11(2)21-16(10)20-14-6-5-13(19-17(14)21)12-4-7-15(22-3)18-9-12/h4-7,9-11H,8H2,1-3H3. The van der Waals surface area contributed by atoms with Crippen molar-refractivity contribution in [3.8, 4) is 17.1 Å². The quantitative estimate of drug-likeness (QED) is 0.725. The largest absolute Gasteiger partial charge is 0.481 e. The van der Waals surface area contributed by atoms with Crippen LogP contribution in [0.4, 0.5) is 0 Å². The van der Waals surface area contributed by atoms with Gasteiger partial charge >= 0.3 is 0 Å². The lowest BCUT2D eigenvalue weighted by atomic mass is 10.1. The van der Waals surface area contributed by atoms with Crippen LogP contribution in [0.5, 0.6) is 5.88 Å². The number of hydrogen-bond acceptors (Lipinski definition) is 4. The summed E-state index contributed by atoms with van der Waals surface area (Å²) in [4.78, 5) is 13.8. The van der Waals surface area contributed by atoms with Gasteiger partial charge in [0.1, 0.15) is 11.3 Å². The summed E-state index contributed by atoms with van der Waals surface area (Å²) < 4.78 is 7.38. The van der Waals surface area contributed by atoms with Gasteiger partial charge in [-0.25, -0.2) is 15.0 Å². The van der Waals surface area contributed by atoms with E-state index < -0.39 is 0 Å². The van der Waals surface area contributed by atoms with Crippen LogP contribution >= 0.6 is 0 Å². The molecule has 4 heterocycles. The molecule has 0 aromatic carbocycles. The number of imidazole rings is 1. The molecule has 3 aromatic rings. The monoisotopic (exact) mass is 294 g/mol. The van der Waals surface area contributed by atoms with Gasteiger partial charge in [0.25, 0.3) is 0 Å². The van der Waals surface area contributed by atoms with Crippen LogP contribution in [0.15, 0.2) is 30.5 Å². The van der Waals surface area contributed by atoms with Crippen molar-refractivity contribution in [2.75, 3.05) is 7.11 Å². The van der Waals surface area contributed by atoms with Crippen molar-refractivity contribution in [2.45, 2.75) is 32.2 Å². The van der Waals surface area contributed by atoms with Crippen molar-refractivity contribution >= 4 is 11.2 Å². The summed E-state index contributed by atoms with van der Waals surface area (Å²) in [5.74, 6) is 2.26. The van der Waals surface area contributed by atoms with E-state index in [4.69, 9.17) is 14.7 Å². The van der Waals surface area contributed by atoms with Gasteiger partial charge in [-0.1, -0.05) is 6.92 Å². The van der Waals surface area contributed by atoms with E-state index in [1.165, 1.54) is 0 Å². The maximum absolute atomic E-state index is 5.10. The van der Waals surface area contributed by atoms with Crippen molar-refractivity contribution in [1.82, 2.24) is 19.5 Å². The Morgan fingerprint density at radius 1 is 1.14 bits per heavy atom. The van der Waals surface area contributed by atoms with E-state index in [9.17, 15) is 0 Å². The van der Waals surface area contributed by atoms with Gasteiger partial charge in [-0.15, -0.1) is 0 Å². The first kappa shape index (κ1) is 13.2. The van der Waals surface area contributed by atoms with Gasteiger partial charge in [0.2, 0.25) is 5.88 Å². The van der Waals surface area contributed by atoms with E-state index in [0.717, 1.165) is 34.7 Å². The summed E-state index contributed by atoms with van der Waals surface area (Å²) in [6.07, 6.45) is 2.93. The van der Waals surface area contributed by atoms with Crippen molar-refractivity contribution in [3.63, 3.8) is 0 Å². The second-order valence-corrected chi connectivity index (χ2v) is 5.95. The third-order valence-corrected chi connectivity index (χ3v) is 4.38. The minimum atomic E-state index is 0.451. The fourth-order valence-corrected chi connectivity index (χ4v) is 3.31. The molecule has 0 aliphatic carbocycles. The molecule has 112 valence electrons. The molecule has 1 aliphatic heterocycles. The van der Waals surface area contributed by atoms with Gasteiger partial charge in [-0.05, 0) is 31.5 Å². The Morgan fingerprint density at radius 2 is 2.00 bits per heavy atom. The molecule has 0 saturated heterocycles. The average Bonchev–Trinajstić information content (AvgIpc) is 3.05. The maximum atomic E-state index is 5.10. The van der Waals surface area contributed by atoms with E-state index in [1.54, 1.807) is 13.3 Å². The lowest BCUT2D eigenvalue weighted by Crippen LogP contribution is -2.00. The van der Waals surface area contributed by atoms with Gasteiger partial charge < -0.3 is 9.30 Å². The molecule has 2 unspecified atom stereocenters. The third kappa shape index (κ3) is 1.89. The normalized spacial score (nSPS) is 20.3. The second-order valence-electron chi connectivity index (χ2n) is 5.95. The molecular weight excluding hydrogens is 276 g/mol. The van der Waals surface area contributed by atoms with Gasteiger partial charge in [0.05, 0.1) is 12.8 Å². The molecule has 5 nitrogen and oxygen atoms in total. The molecule has 1 aliphatic rings. The highest BCUT2D eigenvalue weighted by atomic mass is 16.5. The maximum Gasteiger partial charge on any atom is 0.212 e. The molecule has 2 atom stereocenters. The van der Waals surface area contributed by atoms with Gasteiger partial charge in [-0.3, -0.25) is 0 Å². The zero-order chi connectivity index (χ0) is 15.3. The molecule has 0 N–H and O–H groups in total. The summed E-state index contributed by atoms with van der Waals surface area (Å²) in [5.41, 5.74) is 3.84. The number of fused-ring (bicyclic) bond motifs is 3. The Kier molecular flexibility index (Phi) is 2.89. The first-order chi connectivity index (χ1) is 10.7. The molecular formula is C17H18N4O. The van der Waals surface area contributed by atoms with Crippen LogP contribution < -0.4 is 4.74 Å². The molecule has 0 bridgehead atoms. The average molecular weight is 294 g/mol. The minimum absolute atomic E-state index is 0.451. The van der Waals surface area contributed by atoms with Crippen molar-refractivity contribution in [2.24, 2.45) is 0 Å². The number of hydrogen-bond donors (Lipinski definition) is 0. The third-order valence-electron chi connectivity index (χ3n) is 4.38. The smallest absolute Gasteiger partial charge is 0.212 e.